The van der Waals surface area contributed by atoms with Gasteiger partial charge in [0.25, 0.3) is 0 Å². The molecule has 4 aromatic rings. The van der Waals surface area contributed by atoms with E-state index in [1.165, 1.54) is 63.2 Å². The van der Waals surface area contributed by atoms with Crippen LogP contribution in [0.25, 0.3) is 17.1 Å². The number of carbonyl (C=O) groups excluding carboxylic acids is 1. The largest absolute Gasteiger partial charge is 0.573 e. The van der Waals surface area contributed by atoms with Gasteiger partial charge in [0, 0.05) is 24.3 Å². The van der Waals surface area contributed by atoms with E-state index >= 15 is 0 Å². The molecule has 2 atom stereocenters. The second-order valence-electron chi connectivity index (χ2n) is 11.6. The lowest BCUT2D eigenvalue weighted by atomic mass is 9.95. The number of benzene rings is 3. The van der Waals surface area contributed by atoms with Gasteiger partial charge in [-0.15, -0.1) is 30.0 Å². The zero-order valence-electron chi connectivity index (χ0n) is 26.4. The van der Waals surface area contributed by atoms with Crippen LogP contribution in [0.15, 0.2) is 67.0 Å². The van der Waals surface area contributed by atoms with E-state index < -0.39 is 6.36 Å². The van der Waals surface area contributed by atoms with Gasteiger partial charge < -0.3 is 20.3 Å². The predicted molar refractivity (Wildman–Crippen MR) is 177 cm³/mol. The van der Waals surface area contributed by atoms with Gasteiger partial charge in [0.15, 0.2) is 11.3 Å². The van der Waals surface area contributed by atoms with Crippen molar-refractivity contribution in [1.82, 2.24) is 25.4 Å². The van der Waals surface area contributed by atoms with Gasteiger partial charge >= 0.3 is 12.4 Å². The molecule has 8 nitrogen and oxygen atoms in total. The van der Waals surface area contributed by atoms with E-state index in [1.54, 1.807) is 11.8 Å². The first-order valence-electron chi connectivity index (χ1n) is 15.4. The molecule has 5 rings (SSSR count). The van der Waals surface area contributed by atoms with Gasteiger partial charge in [-0.2, -0.15) is 0 Å². The number of ether oxygens (including phenoxy) is 1. The normalized spacial score (nSPS) is 15.8. The SMILES string of the molecule is Cc1cc(C)c(N2CCCSC2NC(=O)NCCCC(C)c2ccc(-c3ncn(-c4ccc(OC(F)(F)F)cc4)n3)cc2)c(C)c1. The Kier molecular flexibility index (Phi) is 10.5. The van der Waals surface area contributed by atoms with Crippen molar-refractivity contribution in [3.05, 3.63) is 89.2 Å². The number of anilines is 1. The maximum atomic E-state index is 12.8. The average molecular weight is 653 g/mol. The molecule has 2 heterocycles. The first kappa shape index (κ1) is 33.2. The van der Waals surface area contributed by atoms with Crippen LogP contribution in [0.1, 0.15) is 54.4 Å². The quantitative estimate of drug-likeness (QED) is 0.170. The van der Waals surface area contributed by atoms with Gasteiger partial charge in [0.2, 0.25) is 0 Å². The molecule has 12 heteroatoms. The number of rotatable bonds is 10. The number of thioether (sulfide) groups is 1. The third kappa shape index (κ3) is 8.54. The van der Waals surface area contributed by atoms with Crippen molar-refractivity contribution in [1.29, 1.82) is 0 Å². The van der Waals surface area contributed by atoms with Crippen molar-refractivity contribution in [3.63, 3.8) is 0 Å². The van der Waals surface area contributed by atoms with Crippen molar-refractivity contribution in [2.75, 3.05) is 23.7 Å². The molecule has 1 fully saturated rings. The monoisotopic (exact) mass is 652 g/mol. The number of aromatic nitrogens is 3. The van der Waals surface area contributed by atoms with Crippen molar-refractivity contribution in [3.8, 4) is 22.8 Å². The molecule has 1 aromatic heterocycles. The summed E-state index contributed by atoms with van der Waals surface area (Å²) in [5.41, 5.74) is 7.37. The van der Waals surface area contributed by atoms with Crippen LogP contribution in [0.2, 0.25) is 0 Å². The Hall–Kier alpha value is -4.19. The lowest BCUT2D eigenvalue weighted by Crippen LogP contribution is -2.52. The molecule has 1 aliphatic heterocycles. The zero-order valence-corrected chi connectivity index (χ0v) is 27.2. The molecular weight excluding hydrogens is 613 g/mol. The molecule has 0 saturated carbocycles. The van der Waals surface area contributed by atoms with E-state index in [0.29, 0.717) is 24.0 Å². The fourth-order valence-corrected chi connectivity index (χ4v) is 6.93. The minimum atomic E-state index is -4.74. The van der Waals surface area contributed by atoms with Crippen LogP contribution in [-0.4, -0.2) is 51.5 Å². The second kappa shape index (κ2) is 14.5. The van der Waals surface area contributed by atoms with Gasteiger partial charge in [-0.05, 0) is 92.7 Å². The summed E-state index contributed by atoms with van der Waals surface area (Å²) in [7, 11) is 0. The first-order chi connectivity index (χ1) is 22.0. The van der Waals surface area contributed by atoms with Gasteiger partial charge in [0.05, 0.1) is 5.69 Å². The highest BCUT2D eigenvalue weighted by Crippen LogP contribution is 2.33. The summed E-state index contributed by atoms with van der Waals surface area (Å²) in [5, 5.41) is 10.7. The molecule has 0 aliphatic carbocycles. The molecule has 46 heavy (non-hydrogen) atoms. The fraction of sp³-hybridized carbons (Fsp3) is 0.382. The van der Waals surface area contributed by atoms with Gasteiger partial charge in [-0.3, -0.25) is 0 Å². The number of alkyl halides is 3. The number of hydrogen-bond acceptors (Lipinski definition) is 6. The highest BCUT2D eigenvalue weighted by Gasteiger charge is 2.31. The lowest BCUT2D eigenvalue weighted by Gasteiger charge is -2.39. The number of hydrogen-bond donors (Lipinski definition) is 2. The van der Waals surface area contributed by atoms with E-state index in [4.69, 9.17) is 0 Å². The van der Waals surface area contributed by atoms with Crippen LogP contribution in [0.5, 0.6) is 5.75 Å². The van der Waals surface area contributed by atoms with Crippen molar-refractivity contribution < 1.29 is 22.7 Å². The molecule has 2 N–H and O–H groups in total. The Labute approximate surface area is 271 Å². The van der Waals surface area contributed by atoms with E-state index in [0.717, 1.165) is 37.1 Å². The number of urea groups is 1. The predicted octanol–water partition coefficient (Wildman–Crippen LogP) is 7.87. The summed E-state index contributed by atoms with van der Waals surface area (Å²) in [5.74, 6) is 1.51. The molecule has 3 aromatic carbocycles. The van der Waals surface area contributed by atoms with E-state index in [1.807, 2.05) is 24.3 Å². The molecule has 0 spiro atoms. The zero-order chi connectivity index (χ0) is 32.8. The number of aryl methyl sites for hydroxylation is 3. The van der Waals surface area contributed by atoms with Gasteiger partial charge in [-0.1, -0.05) is 48.9 Å². The Balaban J connectivity index is 1.09. The Morgan fingerprint density at radius 2 is 1.76 bits per heavy atom. The van der Waals surface area contributed by atoms with E-state index in [9.17, 15) is 18.0 Å². The third-order valence-corrected chi connectivity index (χ3v) is 9.16. The molecule has 2 unspecified atom stereocenters. The smallest absolute Gasteiger partial charge is 0.406 e. The van der Waals surface area contributed by atoms with Crippen LogP contribution in [0, 0.1) is 20.8 Å². The highest BCUT2D eigenvalue weighted by molar-refractivity contribution is 8.00. The first-order valence-corrected chi connectivity index (χ1v) is 16.4. The number of carbonyl (C=O) groups is 1. The van der Waals surface area contributed by atoms with Crippen molar-refractivity contribution in [2.24, 2.45) is 0 Å². The molecule has 244 valence electrons. The molecule has 0 bridgehead atoms. The van der Waals surface area contributed by atoms with Gasteiger partial charge in [-0.25, -0.2) is 14.5 Å². The summed E-state index contributed by atoms with van der Waals surface area (Å²) in [6.45, 7) is 10.0. The van der Waals surface area contributed by atoms with Crippen LogP contribution in [0.3, 0.4) is 0 Å². The number of halogens is 3. The Bertz CT molecular complexity index is 1600. The topological polar surface area (TPSA) is 84.3 Å². The molecule has 1 saturated heterocycles. The standard InChI is InChI=1S/C34H39F3N6O2S/c1-22-19-24(3)30(25(4)20-22)42-17-6-18-46-33(42)40-32(44)38-16-5-7-23(2)26-8-10-27(11-9-26)31-39-21-43(41-31)28-12-14-29(15-13-28)45-34(35,36)37/h8-15,19-21,23,33H,5-7,16-18H2,1-4H3,(H2,38,40,44). The van der Waals surface area contributed by atoms with Crippen molar-refractivity contribution >= 4 is 23.5 Å². The molecule has 0 radical (unpaired) electrons. The maximum absolute atomic E-state index is 12.8. The summed E-state index contributed by atoms with van der Waals surface area (Å²) < 4.78 is 42.7. The summed E-state index contributed by atoms with van der Waals surface area (Å²) in [6, 6.07) is 17.7. The maximum Gasteiger partial charge on any atom is 0.573 e. The minimum Gasteiger partial charge on any atom is -0.406 e. The minimum absolute atomic E-state index is 0.106. The summed E-state index contributed by atoms with van der Waals surface area (Å²) >= 11 is 1.76. The lowest BCUT2D eigenvalue weighted by molar-refractivity contribution is -0.274. The van der Waals surface area contributed by atoms with Gasteiger partial charge in [0.1, 0.15) is 12.1 Å². The van der Waals surface area contributed by atoms with Crippen LogP contribution < -0.4 is 20.3 Å². The van der Waals surface area contributed by atoms with Crippen LogP contribution in [-0.2, 0) is 0 Å². The number of amides is 2. The Morgan fingerprint density at radius 3 is 2.43 bits per heavy atom. The van der Waals surface area contributed by atoms with Crippen LogP contribution >= 0.6 is 11.8 Å². The van der Waals surface area contributed by atoms with E-state index in [2.05, 4.69) is 70.2 Å². The van der Waals surface area contributed by atoms with Crippen molar-refractivity contribution in [2.45, 2.75) is 64.7 Å². The molecule has 1 aliphatic rings. The Morgan fingerprint density at radius 1 is 1.07 bits per heavy atom. The second-order valence-corrected chi connectivity index (χ2v) is 12.8. The summed E-state index contributed by atoms with van der Waals surface area (Å²) in [6.07, 6.45) is -0.392. The fourth-order valence-electron chi connectivity index (χ4n) is 5.83. The third-order valence-electron chi connectivity index (χ3n) is 7.94. The number of nitrogens with zero attached hydrogens (tertiary/aromatic N) is 4. The molecule has 2 amide bonds. The summed E-state index contributed by atoms with van der Waals surface area (Å²) in [4.78, 5) is 19.5. The average Bonchev–Trinajstić information content (AvgIpc) is 3.50. The number of nitrogens with one attached hydrogen (secondary N) is 2. The van der Waals surface area contributed by atoms with Crippen LogP contribution in [0.4, 0.5) is 23.7 Å². The van der Waals surface area contributed by atoms with E-state index in [-0.39, 0.29) is 17.3 Å². The molecular formula is C34H39F3N6O2S. The highest BCUT2D eigenvalue weighted by atomic mass is 32.2.